The Kier molecular flexibility index (Phi) is 9.44. The number of rotatable bonds is 8. The number of benzene rings is 3. The molecular formula is C42H46N8O3. The van der Waals surface area contributed by atoms with Crippen LogP contribution in [0.15, 0.2) is 97.2 Å². The fourth-order valence-electron chi connectivity index (χ4n) is 7.22. The van der Waals surface area contributed by atoms with E-state index in [0.29, 0.717) is 12.2 Å². The number of aromatic nitrogens is 5. The molecule has 1 aliphatic carbocycles. The fourth-order valence-corrected chi connectivity index (χ4v) is 7.22. The van der Waals surface area contributed by atoms with E-state index in [0.717, 1.165) is 90.1 Å². The van der Waals surface area contributed by atoms with Crippen molar-refractivity contribution in [2.24, 2.45) is 0 Å². The van der Waals surface area contributed by atoms with Crippen LogP contribution in [0.2, 0.25) is 0 Å². The molecule has 3 aromatic carbocycles. The predicted molar refractivity (Wildman–Crippen MR) is 205 cm³/mol. The standard InChI is InChI=1S/C42H46N8O3/c1-28-13-15-30(16-14-28)50-39(25-37(47-50)42(2,3)4)44-41(51)43-35-18-19-36(34-12-8-7-11-33(34)35)53-31-17-20-38-45-46-40(49(38)27-31)32-10-6-5-9-29(32)26-48-21-23-52-24-22-48/h5-17,20,25,27,35-36H,18-19,21-24,26H2,1-4H3,(H2,43,44,51). The van der Waals surface area contributed by atoms with E-state index in [1.165, 1.54) is 5.56 Å². The molecular weight excluding hydrogens is 665 g/mol. The van der Waals surface area contributed by atoms with Gasteiger partial charge in [0.1, 0.15) is 17.7 Å². The number of carbonyl (C=O) groups excluding carboxylic acids is 1. The van der Waals surface area contributed by atoms with Crippen LogP contribution < -0.4 is 15.4 Å². The molecule has 272 valence electrons. The number of aryl methyl sites for hydroxylation is 1. The Bertz CT molecular complexity index is 2230. The van der Waals surface area contributed by atoms with Gasteiger partial charge in [0.15, 0.2) is 11.5 Å². The molecule has 2 aliphatic rings. The van der Waals surface area contributed by atoms with Crippen LogP contribution in [0.5, 0.6) is 5.75 Å². The number of hydrogen-bond acceptors (Lipinski definition) is 7. The first-order valence-corrected chi connectivity index (χ1v) is 18.4. The van der Waals surface area contributed by atoms with Crippen LogP contribution in [0.3, 0.4) is 0 Å². The average Bonchev–Trinajstić information content (AvgIpc) is 3.78. The van der Waals surface area contributed by atoms with Gasteiger partial charge < -0.3 is 14.8 Å². The highest BCUT2D eigenvalue weighted by Crippen LogP contribution is 2.39. The zero-order valence-electron chi connectivity index (χ0n) is 30.8. The van der Waals surface area contributed by atoms with Crippen molar-refractivity contribution in [3.8, 4) is 22.8 Å². The van der Waals surface area contributed by atoms with E-state index in [9.17, 15) is 4.79 Å². The number of morpholine rings is 1. The normalized spacial score (nSPS) is 17.7. The Morgan fingerprint density at radius 2 is 1.66 bits per heavy atom. The topological polar surface area (TPSA) is 111 Å². The number of urea groups is 1. The van der Waals surface area contributed by atoms with Gasteiger partial charge in [-0.05, 0) is 60.7 Å². The molecule has 0 saturated carbocycles. The number of carbonyl (C=O) groups is 1. The summed E-state index contributed by atoms with van der Waals surface area (Å²) >= 11 is 0. The molecule has 0 bridgehead atoms. The van der Waals surface area contributed by atoms with Gasteiger partial charge in [0.2, 0.25) is 0 Å². The Labute approximate surface area is 310 Å². The van der Waals surface area contributed by atoms with Crippen LogP contribution in [0.25, 0.3) is 22.7 Å². The van der Waals surface area contributed by atoms with Gasteiger partial charge in [-0.3, -0.25) is 14.6 Å². The lowest BCUT2D eigenvalue weighted by Crippen LogP contribution is -2.36. The molecule has 1 saturated heterocycles. The fraction of sp³-hybridized carbons (Fsp3) is 0.333. The molecule has 0 spiro atoms. The highest BCUT2D eigenvalue weighted by Gasteiger charge is 2.30. The second kappa shape index (κ2) is 14.5. The van der Waals surface area contributed by atoms with Crippen LogP contribution in [0.1, 0.15) is 73.7 Å². The molecule has 0 radical (unpaired) electrons. The Morgan fingerprint density at radius 1 is 0.906 bits per heavy atom. The van der Waals surface area contributed by atoms with E-state index in [1.54, 1.807) is 4.68 Å². The van der Waals surface area contributed by atoms with Crippen molar-refractivity contribution in [3.63, 3.8) is 0 Å². The molecule has 8 rings (SSSR count). The van der Waals surface area contributed by atoms with Crippen LogP contribution in [-0.4, -0.2) is 61.6 Å². The van der Waals surface area contributed by atoms with Crippen LogP contribution in [0, 0.1) is 6.92 Å². The van der Waals surface area contributed by atoms with Gasteiger partial charge in [-0.1, -0.05) is 87.0 Å². The molecule has 2 amide bonds. The minimum Gasteiger partial charge on any atom is -0.484 e. The summed E-state index contributed by atoms with van der Waals surface area (Å²) in [5.74, 6) is 2.13. The first-order valence-electron chi connectivity index (χ1n) is 18.4. The zero-order valence-corrected chi connectivity index (χ0v) is 30.8. The number of amides is 2. The third-order valence-electron chi connectivity index (χ3n) is 10.1. The van der Waals surface area contributed by atoms with E-state index >= 15 is 0 Å². The van der Waals surface area contributed by atoms with Crippen LogP contribution >= 0.6 is 0 Å². The molecule has 11 heteroatoms. The van der Waals surface area contributed by atoms with Gasteiger partial charge in [-0.15, -0.1) is 10.2 Å². The quantitative estimate of drug-likeness (QED) is 0.166. The third kappa shape index (κ3) is 7.40. The average molecular weight is 711 g/mol. The molecule has 6 aromatic rings. The number of anilines is 1. The zero-order chi connectivity index (χ0) is 36.5. The van der Waals surface area contributed by atoms with Gasteiger partial charge in [-0.25, -0.2) is 9.48 Å². The molecule has 1 aliphatic heterocycles. The monoisotopic (exact) mass is 710 g/mol. The first kappa shape index (κ1) is 34.6. The smallest absolute Gasteiger partial charge is 0.320 e. The summed E-state index contributed by atoms with van der Waals surface area (Å²) in [6, 6.07) is 30.1. The molecule has 2 unspecified atom stereocenters. The molecule has 3 aromatic heterocycles. The number of fused-ring (bicyclic) bond motifs is 2. The Hall–Kier alpha value is -5.52. The minimum absolute atomic E-state index is 0.182. The molecule has 53 heavy (non-hydrogen) atoms. The summed E-state index contributed by atoms with van der Waals surface area (Å²) in [7, 11) is 0. The maximum Gasteiger partial charge on any atom is 0.320 e. The van der Waals surface area contributed by atoms with Crippen molar-refractivity contribution in [1.29, 1.82) is 0 Å². The number of nitrogens with one attached hydrogen (secondary N) is 2. The van der Waals surface area contributed by atoms with Crippen molar-refractivity contribution in [3.05, 3.63) is 125 Å². The van der Waals surface area contributed by atoms with Crippen molar-refractivity contribution >= 4 is 17.5 Å². The highest BCUT2D eigenvalue weighted by atomic mass is 16.5. The van der Waals surface area contributed by atoms with Gasteiger partial charge in [-0.2, -0.15) is 5.10 Å². The van der Waals surface area contributed by atoms with E-state index in [2.05, 4.69) is 83.8 Å². The Morgan fingerprint density at radius 3 is 2.45 bits per heavy atom. The van der Waals surface area contributed by atoms with E-state index in [-0.39, 0.29) is 23.6 Å². The highest BCUT2D eigenvalue weighted by molar-refractivity contribution is 5.89. The summed E-state index contributed by atoms with van der Waals surface area (Å²) in [6.45, 7) is 12.6. The van der Waals surface area contributed by atoms with Crippen LogP contribution in [0.4, 0.5) is 10.6 Å². The lowest BCUT2D eigenvalue weighted by atomic mass is 9.85. The van der Waals surface area contributed by atoms with Gasteiger partial charge in [0.05, 0.1) is 36.8 Å². The summed E-state index contributed by atoms with van der Waals surface area (Å²) in [4.78, 5) is 16.0. The molecule has 2 atom stereocenters. The molecule has 11 nitrogen and oxygen atoms in total. The van der Waals surface area contributed by atoms with Gasteiger partial charge in [0, 0.05) is 36.7 Å². The maximum atomic E-state index is 13.6. The van der Waals surface area contributed by atoms with E-state index in [4.69, 9.17) is 14.6 Å². The summed E-state index contributed by atoms with van der Waals surface area (Å²) in [5.41, 5.74) is 7.87. The second-order valence-electron chi connectivity index (χ2n) is 15.0. The van der Waals surface area contributed by atoms with E-state index in [1.807, 2.05) is 71.3 Å². The van der Waals surface area contributed by atoms with Crippen molar-refractivity contribution < 1.29 is 14.3 Å². The largest absolute Gasteiger partial charge is 0.484 e. The number of ether oxygens (including phenoxy) is 2. The summed E-state index contributed by atoms with van der Waals surface area (Å²) in [6.07, 6.45) is 3.25. The SMILES string of the molecule is Cc1ccc(-n2nc(C(C)(C)C)cc2NC(=O)NC2CCC(Oc3ccc4nnc(-c5ccccc5CN5CCOCC5)n4c3)c3ccccc32)cc1. The number of hydrogen-bond donors (Lipinski definition) is 2. The minimum atomic E-state index is -0.280. The lowest BCUT2D eigenvalue weighted by Gasteiger charge is -2.32. The van der Waals surface area contributed by atoms with Crippen molar-refractivity contribution in [1.82, 2.24) is 34.6 Å². The summed E-state index contributed by atoms with van der Waals surface area (Å²) < 4.78 is 16.1. The number of nitrogens with zero attached hydrogens (tertiary/aromatic N) is 6. The molecule has 2 N–H and O–H groups in total. The second-order valence-corrected chi connectivity index (χ2v) is 15.0. The van der Waals surface area contributed by atoms with E-state index < -0.39 is 0 Å². The van der Waals surface area contributed by atoms with Crippen molar-refractivity contribution in [2.45, 2.75) is 64.6 Å². The van der Waals surface area contributed by atoms with Gasteiger partial charge >= 0.3 is 6.03 Å². The maximum absolute atomic E-state index is 13.6. The first-order chi connectivity index (χ1) is 25.7. The predicted octanol–water partition coefficient (Wildman–Crippen LogP) is 7.80. The lowest BCUT2D eigenvalue weighted by molar-refractivity contribution is 0.0342. The Balaban J connectivity index is 1.00. The van der Waals surface area contributed by atoms with Crippen LogP contribution in [-0.2, 0) is 16.7 Å². The summed E-state index contributed by atoms with van der Waals surface area (Å²) in [5, 5.41) is 20.3. The molecule has 1 fully saturated rings. The third-order valence-corrected chi connectivity index (χ3v) is 10.1. The number of pyridine rings is 1. The molecule has 4 heterocycles. The van der Waals surface area contributed by atoms with Crippen molar-refractivity contribution in [2.75, 3.05) is 31.6 Å². The van der Waals surface area contributed by atoms with Gasteiger partial charge in [0.25, 0.3) is 0 Å².